The van der Waals surface area contributed by atoms with Crippen LogP contribution >= 0.6 is 0 Å². The van der Waals surface area contributed by atoms with Crippen molar-refractivity contribution in [2.45, 2.75) is 19.3 Å². The van der Waals surface area contributed by atoms with Crippen molar-refractivity contribution < 1.29 is 4.79 Å². The Kier molecular flexibility index (Phi) is 3.56. The Bertz CT molecular complexity index is 590. The number of rotatable bonds is 6. The maximum absolute atomic E-state index is 11.8. The quantitative estimate of drug-likeness (QED) is 0.860. The number of carbonyl (C=O) groups excluding carboxylic acids is 1. The third kappa shape index (κ3) is 3.38. The molecule has 0 spiro atoms. The van der Waals surface area contributed by atoms with Gasteiger partial charge in [0.05, 0.1) is 18.5 Å². The van der Waals surface area contributed by atoms with Crippen LogP contribution in [0, 0.1) is 5.92 Å². The molecule has 1 aliphatic carbocycles. The lowest BCUT2D eigenvalue weighted by Crippen LogP contribution is -2.26. The fourth-order valence-electron chi connectivity index (χ4n) is 2.21. The highest BCUT2D eigenvalue weighted by Crippen LogP contribution is 2.27. The van der Waals surface area contributed by atoms with Gasteiger partial charge in [-0.1, -0.05) is 24.3 Å². The van der Waals surface area contributed by atoms with Crippen molar-refractivity contribution in [3.63, 3.8) is 0 Å². The van der Waals surface area contributed by atoms with E-state index in [1.165, 1.54) is 12.8 Å². The highest BCUT2D eigenvalue weighted by atomic mass is 16.1. The molecule has 1 aromatic heterocycles. The standard InChI is InChI=1S/C16H18N2O/c19-15(11-17-10-12-5-6-12)9-14-8-7-13-3-1-2-4-16(13)18-14/h1-4,7-8,12,17H,5-6,9-11H2. The van der Waals surface area contributed by atoms with Gasteiger partial charge in [0, 0.05) is 11.1 Å². The molecule has 1 aliphatic rings. The molecule has 0 unspecified atom stereocenters. The van der Waals surface area contributed by atoms with Gasteiger partial charge in [0.2, 0.25) is 0 Å². The van der Waals surface area contributed by atoms with E-state index in [1.807, 2.05) is 36.4 Å². The van der Waals surface area contributed by atoms with Gasteiger partial charge in [0.1, 0.15) is 0 Å². The molecule has 0 aliphatic heterocycles. The molecule has 1 saturated carbocycles. The largest absolute Gasteiger partial charge is 0.310 e. The lowest BCUT2D eigenvalue weighted by atomic mass is 10.1. The number of carbonyl (C=O) groups is 1. The van der Waals surface area contributed by atoms with E-state index in [9.17, 15) is 4.79 Å². The first-order chi connectivity index (χ1) is 9.31. The topological polar surface area (TPSA) is 42.0 Å². The number of Topliss-reactive ketones (excluding diaryl/α,β-unsaturated/α-hetero) is 1. The van der Waals surface area contributed by atoms with E-state index in [0.29, 0.717) is 13.0 Å². The molecule has 1 heterocycles. The number of nitrogens with zero attached hydrogens (tertiary/aromatic N) is 1. The average molecular weight is 254 g/mol. The molecule has 19 heavy (non-hydrogen) atoms. The van der Waals surface area contributed by atoms with Gasteiger partial charge in [-0.05, 0) is 37.4 Å². The number of ketones is 1. The van der Waals surface area contributed by atoms with E-state index in [1.54, 1.807) is 0 Å². The highest BCUT2D eigenvalue weighted by molar-refractivity contribution is 5.84. The molecule has 1 aromatic carbocycles. The van der Waals surface area contributed by atoms with Crippen LogP contribution in [0.5, 0.6) is 0 Å². The van der Waals surface area contributed by atoms with Crippen molar-refractivity contribution in [2.24, 2.45) is 5.92 Å². The Hall–Kier alpha value is -1.74. The van der Waals surface area contributed by atoms with E-state index < -0.39 is 0 Å². The molecule has 1 N–H and O–H groups in total. The predicted octanol–water partition coefficient (Wildman–Crippen LogP) is 2.35. The monoisotopic (exact) mass is 254 g/mol. The van der Waals surface area contributed by atoms with Crippen LogP contribution in [-0.2, 0) is 11.2 Å². The fraction of sp³-hybridized carbons (Fsp3) is 0.375. The molecular formula is C16H18N2O. The van der Waals surface area contributed by atoms with Gasteiger partial charge in [0.25, 0.3) is 0 Å². The van der Waals surface area contributed by atoms with E-state index in [2.05, 4.69) is 10.3 Å². The number of aromatic nitrogens is 1. The summed E-state index contributed by atoms with van der Waals surface area (Å²) in [5.74, 6) is 1.02. The van der Waals surface area contributed by atoms with Crippen LogP contribution in [-0.4, -0.2) is 23.9 Å². The molecule has 3 nitrogen and oxygen atoms in total. The molecule has 0 atom stereocenters. The minimum absolute atomic E-state index is 0.212. The van der Waals surface area contributed by atoms with Crippen LogP contribution < -0.4 is 5.32 Å². The van der Waals surface area contributed by atoms with Crippen molar-refractivity contribution >= 4 is 16.7 Å². The summed E-state index contributed by atoms with van der Waals surface area (Å²) in [5.41, 5.74) is 1.82. The summed E-state index contributed by atoms with van der Waals surface area (Å²) < 4.78 is 0. The number of fused-ring (bicyclic) bond motifs is 1. The molecule has 98 valence electrons. The Balaban J connectivity index is 1.58. The molecule has 2 aromatic rings. The third-order valence-electron chi connectivity index (χ3n) is 3.49. The van der Waals surface area contributed by atoms with Gasteiger partial charge < -0.3 is 5.32 Å². The zero-order valence-electron chi connectivity index (χ0n) is 10.9. The first-order valence-corrected chi connectivity index (χ1v) is 6.88. The summed E-state index contributed by atoms with van der Waals surface area (Å²) in [5, 5.41) is 4.34. The smallest absolute Gasteiger partial charge is 0.152 e. The molecular weight excluding hydrogens is 236 g/mol. The SMILES string of the molecule is O=C(CNCC1CC1)Cc1ccc2ccccc2n1. The molecule has 3 rings (SSSR count). The summed E-state index contributed by atoms with van der Waals surface area (Å²) in [6.07, 6.45) is 3.04. The van der Waals surface area contributed by atoms with Crippen LogP contribution in [0.1, 0.15) is 18.5 Å². The second-order valence-electron chi connectivity index (χ2n) is 5.29. The number of para-hydroxylation sites is 1. The zero-order chi connectivity index (χ0) is 13.1. The van der Waals surface area contributed by atoms with Crippen molar-refractivity contribution in [3.05, 3.63) is 42.1 Å². The molecule has 1 fully saturated rings. The van der Waals surface area contributed by atoms with Gasteiger partial charge >= 0.3 is 0 Å². The molecule has 0 amide bonds. The summed E-state index contributed by atoms with van der Waals surface area (Å²) in [6.45, 7) is 1.45. The summed E-state index contributed by atoms with van der Waals surface area (Å²) >= 11 is 0. The van der Waals surface area contributed by atoms with Crippen molar-refractivity contribution in [1.82, 2.24) is 10.3 Å². The highest BCUT2D eigenvalue weighted by Gasteiger charge is 2.20. The lowest BCUT2D eigenvalue weighted by molar-refractivity contribution is -0.117. The normalized spacial score (nSPS) is 14.7. The van der Waals surface area contributed by atoms with Crippen LogP contribution in [0.15, 0.2) is 36.4 Å². The van der Waals surface area contributed by atoms with Crippen LogP contribution in [0.2, 0.25) is 0 Å². The number of hydrogen-bond donors (Lipinski definition) is 1. The van der Waals surface area contributed by atoms with Gasteiger partial charge in [-0.15, -0.1) is 0 Å². The van der Waals surface area contributed by atoms with Crippen LogP contribution in [0.3, 0.4) is 0 Å². The maximum atomic E-state index is 11.8. The van der Waals surface area contributed by atoms with Gasteiger partial charge in [-0.25, -0.2) is 0 Å². The zero-order valence-corrected chi connectivity index (χ0v) is 10.9. The molecule has 0 saturated heterocycles. The van der Waals surface area contributed by atoms with Crippen molar-refractivity contribution in [2.75, 3.05) is 13.1 Å². The van der Waals surface area contributed by atoms with Crippen molar-refractivity contribution in [3.8, 4) is 0 Å². The van der Waals surface area contributed by atoms with Crippen LogP contribution in [0.25, 0.3) is 10.9 Å². The number of nitrogens with one attached hydrogen (secondary N) is 1. The molecule has 0 radical (unpaired) electrons. The summed E-state index contributed by atoms with van der Waals surface area (Å²) in [7, 11) is 0. The summed E-state index contributed by atoms with van der Waals surface area (Å²) in [6, 6.07) is 12.0. The van der Waals surface area contributed by atoms with Crippen LogP contribution in [0.4, 0.5) is 0 Å². The number of benzene rings is 1. The average Bonchev–Trinajstić information content (AvgIpc) is 3.23. The molecule has 3 heteroatoms. The van der Waals surface area contributed by atoms with E-state index >= 15 is 0 Å². The minimum Gasteiger partial charge on any atom is -0.310 e. The van der Waals surface area contributed by atoms with E-state index in [4.69, 9.17) is 0 Å². The van der Waals surface area contributed by atoms with Gasteiger partial charge in [0.15, 0.2) is 5.78 Å². The maximum Gasteiger partial charge on any atom is 0.152 e. The Labute approximate surface area is 113 Å². The minimum atomic E-state index is 0.212. The van der Waals surface area contributed by atoms with Gasteiger partial charge in [-0.2, -0.15) is 0 Å². The van der Waals surface area contributed by atoms with E-state index in [-0.39, 0.29) is 5.78 Å². The first-order valence-electron chi connectivity index (χ1n) is 6.88. The second kappa shape index (κ2) is 5.49. The number of pyridine rings is 1. The molecule has 0 bridgehead atoms. The second-order valence-corrected chi connectivity index (χ2v) is 5.29. The fourth-order valence-corrected chi connectivity index (χ4v) is 2.21. The first kappa shape index (κ1) is 12.3. The Morgan fingerprint density at radius 3 is 2.89 bits per heavy atom. The number of hydrogen-bond acceptors (Lipinski definition) is 3. The summed E-state index contributed by atoms with van der Waals surface area (Å²) in [4.78, 5) is 16.4. The Morgan fingerprint density at radius 2 is 2.05 bits per heavy atom. The third-order valence-corrected chi connectivity index (χ3v) is 3.49. The Morgan fingerprint density at radius 1 is 1.21 bits per heavy atom. The van der Waals surface area contributed by atoms with E-state index in [0.717, 1.165) is 29.1 Å². The van der Waals surface area contributed by atoms with Crippen molar-refractivity contribution in [1.29, 1.82) is 0 Å². The predicted molar refractivity (Wildman–Crippen MR) is 76.0 cm³/mol. The lowest BCUT2D eigenvalue weighted by Gasteiger charge is -2.04. The van der Waals surface area contributed by atoms with Gasteiger partial charge in [-0.3, -0.25) is 9.78 Å².